The molecule has 2 heteroatoms. The number of hydrogen-bond donors (Lipinski definition) is 1. The maximum atomic E-state index is 7.67. The van der Waals surface area contributed by atoms with Crippen molar-refractivity contribution in [1.29, 1.82) is 0 Å². The lowest BCUT2D eigenvalue weighted by Gasteiger charge is -1.53. The Balaban J connectivity index is 2.55. The Bertz CT molecular complexity index is 21.2. The van der Waals surface area contributed by atoms with Crippen LogP contribution in [0.15, 0.2) is 12.1 Å². The van der Waals surface area contributed by atoms with Gasteiger partial charge in [0.25, 0.3) is 0 Å². The van der Waals surface area contributed by atoms with Crippen molar-refractivity contribution in [3.8, 4) is 0 Å². The lowest BCUT2D eigenvalue weighted by Crippen LogP contribution is -1.31. The quantitative estimate of drug-likeness (QED) is 0.335. The van der Waals surface area contributed by atoms with E-state index >= 15 is 0 Å². The van der Waals surface area contributed by atoms with Crippen LogP contribution in [0.1, 0.15) is 0 Å². The third-order valence-electron chi connectivity index (χ3n) is 0.0861. The highest BCUT2D eigenvalue weighted by molar-refractivity contribution is 7.20. The molecular formula is C2H5OP. The van der Waals surface area contributed by atoms with Gasteiger partial charge in [-0.3, -0.25) is 0 Å². The summed E-state index contributed by atoms with van der Waals surface area (Å²) in [5.41, 5.74) is 0. The average molecular weight is 76.0 g/mol. The van der Waals surface area contributed by atoms with Gasteiger partial charge in [0.2, 0.25) is 0 Å². The summed E-state index contributed by atoms with van der Waals surface area (Å²) in [7, 11) is 2.22. The minimum absolute atomic E-state index is 0.963. The van der Waals surface area contributed by atoms with Crippen molar-refractivity contribution in [2.45, 2.75) is 0 Å². The Morgan fingerprint density at radius 1 is 1.75 bits per heavy atom. The van der Waals surface area contributed by atoms with E-state index in [9.17, 15) is 0 Å². The molecule has 0 aliphatic rings. The van der Waals surface area contributed by atoms with Gasteiger partial charge in [0, 0.05) is 0 Å². The van der Waals surface area contributed by atoms with Gasteiger partial charge in [-0.1, -0.05) is 0 Å². The first-order valence-electron chi connectivity index (χ1n) is 0.925. The molecule has 0 heterocycles. The molecule has 4 heavy (non-hydrogen) atoms. The Hall–Kier alpha value is -0.0300. The summed E-state index contributed by atoms with van der Waals surface area (Å²) >= 11 is 0. The smallest absolute Gasteiger partial charge is 0.0791 e. The average Bonchev–Trinajstić information content (AvgIpc) is 1.37. The maximum Gasteiger partial charge on any atom is 0.0791 e. The van der Waals surface area contributed by atoms with E-state index in [4.69, 9.17) is 5.11 Å². The lowest BCUT2D eigenvalue weighted by molar-refractivity contribution is 0.475. The molecule has 0 saturated heterocycles. The standard InChI is InChI=1S/C2H5OP/c3-1-2-4/h1-3H,4H2/b2-1+. The molecule has 0 radical (unpaired) electrons. The van der Waals surface area contributed by atoms with Crippen molar-refractivity contribution in [3.05, 3.63) is 12.1 Å². The second-order valence-corrected chi connectivity index (χ2v) is 0.726. The Labute approximate surface area is 27.5 Å². The molecule has 0 bridgehead atoms. The van der Waals surface area contributed by atoms with Crippen LogP contribution < -0.4 is 0 Å². The van der Waals surface area contributed by atoms with E-state index in [2.05, 4.69) is 9.24 Å². The zero-order valence-corrected chi connectivity index (χ0v) is 3.33. The molecule has 0 spiro atoms. The molecule has 0 aromatic rings. The van der Waals surface area contributed by atoms with E-state index in [-0.39, 0.29) is 0 Å². The fraction of sp³-hybridized carbons (Fsp3) is 0. The van der Waals surface area contributed by atoms with E-state index < -0.39 is 0 Å². The van der Waals surface area contributed by atoms with E-state index in [0.717, 1.165) is 6.26 Å². The van der Waals surface area contributed by atoms with Gasteiger partial charge in [-0.25, -0.2) is 0 Å². The van der Waals surface area contributed by atoms with Crippen LogP contribution in [0.2, 0.25) is 0 Å². The summed E-state index contributed by atoms with van der Waals surface area (Å²) in [4.78, 5) is 0. The molecule has 1 unspecified atom stereocenters. The highest BCUT2D eigenvalue weighted by Gasteiger charge is 1.34. The normalized spacial score (nSPS) is 9.25. The van der Waals surface area contributed by atoms with Gasteiger partial charge in [0.05, 0.1) is 6.26 Å². The summed E-state index contributed by atoms with van der Waals surface area (Å²) in [6.45, 7) is 0. The second-order valence-electron chi connectivity index (χ2n) is 0.342. The number of aliphatic hydroxyl groups excluding tert-OH is 1. The molecule has 0 aromatic heterocycles. The zero-order valence-electron chi connectivity index (χ0n) is 2.18. The van der Waals surface area contributed by atoms with Crippen LogP contribution >= 0.6 is 9.24 Å². The predicted octanol–water partition coefficient (Wildman–Crippen LogP) is 0.891. The van der Waals surface area contributed by atoms with Crippen LogP contribution in [0.3, 0.4) is 0 Å². The van der Waals surface area contributed by atoms with Crippen LogP contribution in [-0.2, 0) is 0 Å². The van der Waals surface area contributed by atoms with E-state index in [0.29, 0.717) is 0 Å². The summed E-state index contributed by atoms with van der Waals surface area (Å²) in [6.07, 6.45) is 0.963. The number of aliphatic hydroxyl groups is 1. The third kappa shape index (κ3) is 1.97. The number of hydrogen-bond acceptors (Lipinski definition) is 1. The van der Waals surface area contributed by atoms with Crippen molar-refractivity contribution < 1.29 is 5.11 Å². The van der Waals surface area contributed by atoms with Crippen LogP contribution in [0.4, 0.5) is 0 Å². The molecule has 0 fully saturated rings. The molecule has 0 saturated carbocycles. The summed E-state index contributed by atoms with van der Waals surface area (Å²) in [6, 6.07) is 0. The van der Waals surface area contributed by atoms with Crippen LogP contribution in [0.5, 0.6) is 0 Å². The first-order chi connectivity index (χ1) is 1.91. The maximum absolute atomic E-state index is 7.67. The van der Waals surface area contributed by atoms with Gasteiger partial charge < -0.3 is 5.11 Å². The van der Waals surface area contributed by atoms with Crippen molar-refractivity contribution in [3.63, 3.8) is 0 Å². The Morgan fingerprint density at radius 3 is 2.00 bits per heavy atom. The molecule has 0 aliphatic heterocycles. The summed E-state index contributed by atoms with van der Waals surface area (Å²) in [5, 5.41) is 7.67. The Kier molecular flexibility index (Phi) is 2.95. The van der Waals surface area contributed by atoms with Crippen LogP contribution in [0, 0.1) is 0 Å². The summed E-state index contributed by atoms with van der Waals surface area (Å²) < 4.78 is 0. The molecular weight excluding hydrogens is 71.0 g/mol. The minimum Gasteiger partial charge on any atom is -0.516 e. The molecule has 1 nitrogen and oxygen atoms in total. The first kappa shape index (κ1) is 3.97. The molecule has 0 aromatic carbocycles. The highest BCUT2D eigenvalue weighted by Crippen LogP contribution is 1.74. The monoisotopic (exact) mass is 76.0 g/mol. The van der Waals surface area contributed by atoms with Crippen molar-refractivity contribution >= 4 is 9.24 Å². The molecule has 0 amide bonds. The molecule has 0 rings (SSSR count). The van der Waals surface area contributed by atoms with Crippen LogP contribution in [0.25, 0.3) is 0 Å². The lowest BCUT2D eigenvalue weighted by atomic mass is 11.2. The highest BCUT2D eigenvalue weighted by atomic mass is 31.0. The predicted molar refractivity (Wildman–Crippen MR) is 21.5 cm³/mol. The van der Waals surface area contributed by atoms with Gasteiger partial charge in [-0.2, -0.15) is 0 Å². The fourth-order valence-electron chi connectivity index (χ4n) is 0. The molecule has 0 aliphatic carbocycles. The summed E-state index contributed by atoms with van der Waals surface area (Å²) in [5.74, 6) is 1.47. The molecule has 1 N–H and O–H groups in total. The van der Waals surface area contributed by atoms with Gasteiger partial charge in [-0.15, -0.1) is 9.24 Å². The fourth-order valence-corrected chi connectivity index (χ4v) is 0. The van der Waals surface area contributed by atoms with Gasteiger partial charge >= 0.3 is 0 Å². The molecule has 24 valence electrons. The SMILES string of the molecule is O/C=C/P. The zero-order chi connectivity index (χ0) is 3.41. The number of rotatable bonds is 0. The van der Waals surface area contributed by atoms with E-state index in [1.165, 1.54) is 5.82 Å². The van der Waals surface area contributed by atoms with Crippen LogP contribution in [-0.4, -0.2) is 5.11 Å². The first-order valence-corrected chi connectivity index (χ1v) is 1.59. The minimum atomic E-state index is 0.963. The van der Waals surface area contributed by atoms with Crippen molar-refractivity contribution in [2.75, 3.05) is 0 Å². The third-order valence-corrected chi connectivity index (χ3v) is 0.258. The Morgan fingerprint density at radius 2 is 2.00 bits per heavy atom. The van der Waals surface area contributed by atoms with Crippen molar-refractivity contribution in [1.82, 2.24) is 0 Å². The van der Waals surface area contributed by atoms with E-state index in [1.807, 2.05) is 0 Å². The molecule has 1 atom stereocenters. The van der Waals surface area contributed by atoms with Gasteiger partial charge in [0.15, 0.2) is 0 Å². The van der Waals surface area contributed by atoms with Crippen molar-refractivity contribution in [2.24, 2.45) is 0 Å². The van der Waals surface area contributed by atoms with Gasteiger partial charge in [0.1, 0.15) is 0 Å². The van der Waals surface area contributed by atoms with E-state index in [1.54, 1.807) is 0 Å². The largest absolute Gasteiger partial charge is 0.516 e. The topological polar surface area (TPSA) is 20.2 Å². The second kappa shape index (κ2) is 2.97. The van der Waals surface area contributed by atoms with Gasteiger partial charge in [-0.05, 0) is 5.82 Å².